The van der Waals surface area contributed by atoms with Crippen LogP contribution in [0.15, 0.2) is 30.3 Å². The van der Waals surface area contributed by atoms with E-state index < -0.39 is 0 Å². The topological polar surface area (TPSA) is 52.0 Å². The monoisotopic (exact) mass is 258 g/mol. The lowest BCUT2D eigenvalue weighted by Gasteiger charge is -2.22. The van der Waals surface area contributed by atoms with Crippen molar-refractivity contribution in [3.05, 3.63) is 47.3 Å². The summed E-state index contributed by atoms with van der Waals surface area (Å²) in [4.78, 5) is 0. The summed E-state index contributed by atoms with van der Waals surface area (Å²) < 4.78 is 7.65. The van der Waals surface area contributed by atoms with E-state index in [9.17, 15) is 0 Å². The van der Waals surface area contributed by atoms with E-state index in [1.165, 1.54) is 11.3 Å². The predicted octanol–water partition coefficient (Wildman–Crippen LogP) is 1.22. The van der Waals surface area contributed by atoms with E-state index in [0.717, 1.165) is 18.7 Å². The number of hydrogen-bond donors (Lipinski definition) is 1. The fourth-order valence-electron chi connectivity index (χ4n) is 2.42. The fraction of sp³-hybridized carbons (Fsp3) is 0.429. The van der Waals surface area contributed by atoms with Crippen molar-refractivity contribution in [2.24, 2.45) is 7.05 Å². The van der Waals surface area contributed by atoms with Gasteiger partial charge in [0.2, 0.25) is 0 Å². The van der Waals surface area contributed by atoms with E-state index in [2.05, 4.69) is 27.8 Å². The standard InChI is InChI=1S/C14H18N4O/c1-18-13-7-8-15-12(14(13)16-17-18)10-19-9-11-5-3-2-4-6-11/h2-6,12,15H,7-10H2,1H3. The van der Waals surface area contributed by atoms with Crippen LogP contribution in [0.2, 0.25) is 0 Å². The number of nitrogens with zero attached hydrogens (tertiary/aromatic N) is 3. The Balaban J connectivity index is 1.59. The lowest BCUT2D eigenvalue weighted by Crippen LogP contribution is -2.33. The van der Waals surface area contributed by atoms with Crippen LogP contribution in [0, 0.1) is 0 Å². The highest BCUT2D eigenvalue weighted by Crippen LogP contribution is 2.20. The highest BCUT2D eigenvalue weighted by Gasteiger charge is 2.24. The minimum atomic E-state index is 0.154. The second kappa shape index (κ2) is 5.50. The summed E-state index contributed by atoms with van der Waals surface area (Å²) in [7, 11) is 1.94. The zero-order valence-electron chi connectivity index (χ0n) is 11.0. The zero-order chi connectivity index (χ0) is 13.1. The Hall–Kier alpha value is -1.72. The molecule has 2 heterocycles. The van der Waals surface area contributed by atoms with Gasteiger partial charge in [-0.25, -0.2) is 0 Å². The Labute approximate surface area is 112 Å². The van der Waals surface area contributed by atoms with Crippen LogP contribution in [-0.4, -0.2) is 28.1 Å². The van der Waals surface area contributed by atoms with E-state index in [1.54, 1.807) is 0 Å². The molecule has 1 N–H and O–H groups in total. The van der Waals surface area contributed by atoms with Gasteiger partial charge in [0.25, 0.3) is 0 Å². The van der Waals surface area contributed by atoms with Crippen LogP contribution in [0.3, 0.4) is 0 Å². The van der Waals surface area contributed by atoms with Crippen LogP contribution >= 0.6 is 0 Å². The van der Waals surface area contributed by atoms with Gasteiger partial charge in [0, 0.05) is 20.0 Å². The molecular weight excluding hydrogens is 240 g/mol. The molecule has 0 radical (unpaired) electrons. The number of fused-ring (bicyclic) bond motifs is 1. The molecule has 1 aromatic carbocycles. The van der Waals surface area contributed by atoms with Crippen molar-refractivity contribution in [2.75, 3.05) is 13.2 Å². The molecule has 1 aliphatic heterocycles. The van der Waals surface area contributed by atoms with Crippen LogP contribution in [0.1, 0.15) is 23.0 Å². The Morgan fingerprint density at radius 1 is 1.37 bits per heavy atom. The van der Waals surface area contributed by atoms with Gasteiger partial charge in [0.1, 0.15) is 5.69 Å². The van der Waals surface area contributed by atoms with E-state index in [1.807, 2.05) is 29.9 Å². The molecule has 1 aliphatic rings. The minimum absolute atomic E-state index is 0.154. The number of rotatable bonds is 4. The maximum atomic E-state index is 5.79. The molecule has 0 saturated heterocycles. The van der Waals surface area contributed by atoms with Crippen molar-refractivity contribution < 1.29 is 4.74 Å². The highest BCUT2D eigenvalue weighted by molar-refractivity contribution is 5.18. The summed E-state index contributed by atoms with van der Waals surface area (Å²) in [5, 5.41) is 11.8. The number of hydrogen-bond acceptors (Lipinski definition) is 4. The second-order valence-corrected chi connectivity index (χ2v) is 4.80. The molecule has 1 atom stereocenters. The molecule has 2 aromatic rings. The molecule has 100 valence electrons. The molecule has 0 saturated carbocycles. The lowest BCUT2D eigenvalue weighted by atomic mass is 10.1. The van der Waals surface area contributed by atoms with Gasteiger partial charge in [0.15, 0.2) is 0 Å². The van der Waals surface area contributed by atoms with E-state index in [-0.39, 0.29) is 6.04 Å². The number of aryl methyl sites for hydroxylation is 1. The molecule has 0 bridgehead atoms. The Morgan fingerprint density at radius 3 is 3.05 bits per heavy atom. The minimum Gasteiger partial charge on any atom is -0.375 e. The summed E-state index contributed by atoms with van der Waals surface area (Å²) in [6.07, 6.45) is 0.980. The van der Waals surface area contributed by atoms with Gasteiger partial charge >= 0.3 is 0 Å². The van der Waals surface area contributed by atoms with Crippen LogP contribution in [0.25, 0.3) is 0 Å². The molecule has 5 nitrogen and oxygen atoms in total. The first-order valence-electron chi connectivity index (χ1n) is 6.58. The molecule has 0 aliphatic carbocycles. The van der Waals surface area contributed by atoms with Crippen LogP contribution in [-0.2, 0) is 24.8 Å². The summed E-state index contributed by atoms with van der Waals surface area (Å²) >= 11 is 0. The Bertz CT molecular complexity index is 538. The van der Waals surface area contributed by atoms with Crippen molar-refractivity contribution in [1.29, 1.82) is 0 Å². The average Bonchev–Trinajstić information content (AvgIpc) is 2.83. The van der Waals surface area contributed by atoms with Gasteiger partial charge in [-0.1, -0.05) is 35.5 Å². The maximum absolute atomic E-state index is 5.79. The quantitative estimate of drug-likeness (QED) is 0.896. The van der Waals surface area contributed by atoms with Gasteiger partial charge in [-0.05, 0) is 5.56 Å². The van der Waals surface area contributed by atoms with Crippen molar-refractivity contribution in [1.82, 2.24) is 20.3 Å². The average molecular weight is 258 g/mol. The summed E-state index contributed by atoms with van der Waals surface area (Å²) in [6, 6.07) is 10.4. The summed E-state index contributed by atoms with van der Waals surface area (Å²) in [5.74, 6) is 0. The molecule has 1 unspecified atom stereocenters. The van der Waals surface area contributed by atoms with Crippen LogP contribution < -0.4 is 5.32 Å². The van der Waals surface area contributed by atoms with E-state index >= 15 is 0 Å². The number of benzene rings is 1. The number of aromatic nitrogens is 3. The molecule has 19 heavy (non-hydrogen) atoms. The molecular formula is C14H18N4O. The lowest BCUT2D eigenvalue weighted by molar-refractivity contribution is 0.0957. The molecule has 0 spiro atoms. The second-order valence-electron chi connectivity index (χ2n) is 4.80. The smallest absolute Gasteiger partial charge is 0.105 e. The molecule has 5 heteroatoms. The molecule has 3 rings (SSSR count). The van der Waals surface area contributed by atoms with Crippen LogP contribution in [0.5, 0.6) is 0 Å². The zero-order valence-corrected chi connectivity index (χ0v) is 11.0. The molecule has 0 fully saturated rings. The number of nitrogens with one attached hydrogen (secondary N) is 1. The van der Waals surface area contributed by atoms with E-state index in [0.29, 0.717) is 13.2 Å². The third-order valence-corrected chi connectivity index (χ3v) is 3.45. The first kappa shape index (κ1) is 12.3. The predicted molar refractivity (Wildman–Crippen MR) is 71.5 cm³/mol. The first-order chi connectivity index (χ1) is 9.34. The van der Waals surface area contributed by atoms with Crippen molar-refractivity contribution in [2.45, 2.75) is 19.1 Å². The number of ether oxygens (including phenoxy) is 1. The third kappa shape index (κ3) is 2.67. The van der Waals surface area contributed by atoms with Gasteiger partial charge in [0.05, 0.1) is 24.9 Å². The van der Waals surface area contributed by atoms with Gasteiger partial charge in [-0.2, -0.15) is 0 Å². The normalized spacial score (nSPS) is 18.3. The van der Waals surface area contributed by atoms with Crippen LogP contribution in [0.4, 0.5) is 0 Å². The Kier molecular flexibility index (Phi) is 3.57. The summed E-state index contributed by atoms with van der Waals surface area (Å²) in [5.41, 5.74) is 3.44. The van der Waals surface area contributed by atoms with E-state index in [4.69, 9.17) is 4.74 Å². The highest BCUT2D eigenvalue weighted by atomic mass is 16.5. The third-order valence-electron chi connectivity index (χ3n) is 3.45. The van der Waals surface area contributed by atoms with Crippen molar-refractivity contribution in [3.8, 4) is 0 Å². The SMILES string of the molecule is Cn1nnc2c1CCNC2COCc1ccccc1. The van der Waals surface area contributed by atoms with Crippen molar-refractivity contribution in [3.63, 3.8) is 0 Å². The first-order valence-corrected chi connectivity index (χ1v) is 6.58. The molecule has 1 aromatic heterocycles. The van der Waals surface area contributed by atoms with Gasteiger partial charge in [-0.15, -0.1) is 5.10 Å². The van der Waals surface area contributed by atoms with Crippen molar-refractivity contribution >= 4 is 0 Å². The van der Waals surface area contributed by atoms with Gasteiger partial charge in [-0.3, -0.25) is 4.68 Å². The fourth-order valence-corrected chi connectivity index (χ4v) is 2.42. The summed E-state index contributed by atoms with van der Waals surface area (Å²) in [6.45, 7) is 2.21. The molecule has 0 amide bonds. The Morgan fingerprint density at radius 2 is 2.21 bits per heavy atom. The maximum Gasteiger partial charge on any atom is 0.105 e. The van der Waals surface area contributed by atoms with Gasteiger partial charge < -0.3 is 10.1 Å². The largest absolute Gasteiger partial charge is 0.375 e.